The van der Waals surface area contributed by atoms with Gasteiger partial charge in [-0.25, -0.2) is 8.78 Å². The summed E-state index contributed by atoms with van der Waals surface area (Å²) in [5.41, 5.74) is 5.50. The fourth-order valence-electron chi connectivity index (χ4n) is 5.30. The molecule has 0 radical (unpaired) electrons. The zero-order valence-electron chi connectivity index (χ0n) is 21.7. The van der Waals surface area contributed by atoms with E-state index < -0.39 is 11.5 Å². The Bertz CT molecular complexity index is 1100. The van der Waals surface area contributed by atoms with Gasteiger partial charge in [0.15, 0.2) is 0 Å². The van der Waals surface area contributed by atoms with Crippen LogP contribution in [-0.4, -0.2) is 66.6 Å². The number of halogens is 2. The molecule has 2 amide bonds. The first kappa shape index (κ1) is 27.0. The van der Waals surface area contributed by atoms with Crippen LogP contribution in [0.2, 0.25) is 0 Å². The number of carbonyl (C=O) groups excluding carboxylic acids is 2. The van der Waals surface area contributed by atoms with Gasteiger partial charge in [0, 0.05) is 42.7 Å². The molecule has 0 saturated carbocycles. The number of piperidine rings is 2. The van der Waals surface area contributed by atoms with Crippen molar-refractivity contribution in [3.8, 4) is 16.9 Å². The predicted molar refractivity (Wildman–Crippen MR) is 140 cm³/mol. The molecule has 0 atom stereocenters. The molecule has 8 heteroatoms. The van der Waals surface area contributed by atoms with Crippen LogP contribution in [0.3, 0.4) is 0 Å². The van der Waals surface area contributed by atoms with Gasteiger partial charge in [-0.3, -0.25) is 9.59 Å². The lowest BCUT2D eigenvalue weighted by atomic mass is 9.94. The standard InChI is InChI=1S/C29H37F2N3O3/c1-29(2,31)19-33-13-9-20(10-14-33)18-37-22-7-8-24(26(30)17-22)23-5-3-4-6-25(23)28(36)34-15-11-21(12-16-34)27(32)35/h3-8,17,20-21H,9-16,18-19H2,1-2H3,(H2,32,35). The molecule has 2 saturated heterocycles. The molecule has 2 aliphatic heterocycles. The highest BCUT2D eigenvalue weighted by atomic mass is 19.1. The number of benzene rings is 2. The Morgan fingerprint density at radius 3 is 2.30 bits per heavy atom. The number of hydrogen-bond donors (Lipinski definition) is 1. The second-order valence-corrected chi connectivity index (χ2v) is 10.9. The average molecular weight is 514 g/mol. The zero-order valence-corrected chi connectivity index (χ0v) is 21.7. The summed E-state index contributed by atoms with van der Waals surface area (Å²) in [6.07, 6.45) is 2.92. The highest BCUT2D eigenvalue weighted by molar-refractivity contribution is 6.01. The summed E-state index contributed by atoms with van der Waals surface area (Å²) in [7, 11) is 0. The molecule has 0 unspecified atom stereocenters. The first-order valence-corrected chi connectivity index (χ1v) is 13.1. The number of ether oxygens (including phenoxy) is 1. The number of alkyl halides is 1. The van der Waals surface area contributed by atoms with E-state index in [9.17, 15) is 14.0 Å². The van der Waals surface area contributed by atoms with Crippen molar-refractivity contribution in [2.24, 2.45) is 17.6 Å². The van der Waals surface area contributed by atoms with Gasteiger partial charge in [0.1, 0.15) is 17.2 Å². The van der Waals surface area contributed by atoms with Gasteiger partial charge in [-0.2, -0.15) is 0 Å². The molecule has 2 aromatic carbocycles. The molecule has 37 heavy (non-hydrogen) atoms. The third kappa shape index (κ3) is 7.06. The third-order valence-electron chi connectivity index (χ3n) is 7.37. The number of rotatable bonds is 8. The second kappa shape index (κ2) is 11.6. The Hall–Kier alpha value is -3.00. The maximum Gasteiger partial charge on any atom is 0.254 e. The van der Waals surface area contributed by atoms with Crippen LogP contribution in [0.5, 0.6) is 5.75 Å². The van der Waals surface area contributed by atoms with Crippen molar-refractivity contribution in [1.82, 2.24) is 9.80 Å². The zero-order chi connectivity index (χ0) is 26.6. The Morgan fingerprint density at radius 2 is 1.68 bits per heavy atom. The Balaban J connectivity index is 1.38. The molecule has 2 heterocycles. The van der Waals surface area contributed by atoms with Crippen LogP contribution in [-0.2, 0) is 4.79 Å². The van der Waals surface area contributed by atoms with Gasteiger partial charge in [0.05, 0.1) is 6.61 Å². The summed E-state index contributed by atoms with van der Waals surface area (Å²) < 4.78 is 35.0. The molecule has 2 fully saturated rings. The van der Waals surface area contributed by atoms with E-state index in [1.54, 1.807) is 55.1 Å². The van der Waals surface area contributed by atoms with Gasteiger partial charge in [-0.05, 0) is 82.3 Å². The third-order valence-corrected chi connectivity index (χ3v) is 7.37. The van der Waals surface area contributed by atoms with Crippen LogP contribution in [0.4, 0.5) is 8.78 Å². The van der Waals surface area contributed by atoms with Crippen molar-refractivity contribution in [3.63, 3.8) is 0 Å². The van der Waals surface area contributed by atoms with Gasteiger partial charge in [0.2, 0.25) is 5.91 Å². The van der Waals surface area contributed by atoms with E-state index in [0.717, 1.165) is 25.9 Å². The quantitative estimate of drug-likeness (QED) is 0.557. The smallest absolute Gasteiger partial charge is 0.254 e. The lowest BCUT2D eigenvalue weighted by Crippen LogP contribution is -2.41. The molecule has 4 rings (SSSR count). The highest BCUT2D eigenvalue weighted by Gasteiger charge is 2.28. The number of primary amides is 1. The monoisotopic (exact) mass is 513 g/mol. The first-order chi connectivity index (χ1) is 17.6. The van der Waals surface area contributed by atoms with E-state index in [1.807, 2.05) is 0 Å². The Kier molecular flexibility index (Phi) is 8.47. The Labute approximate surface area is 217 Å². The summed E-state index contributed by atoms with van der Waals surface area (Å²) in [6, 6.07) is 11.8. The molecular weight excluding hydrogens is 476 g/mol. The van der Waals surface area contributed by atoms with Crippen LogP contribution in [0.25, 0.3) is 11.1 Å². The molecule has 2 aliphatic rings. The average Bonchev–Trinajstić information content (AvgIpc) is 2.87. The molecule has 6 nitrogen and oxygen atoms in total. The summed E-state index contributed by atoms with van der Waals surface area (Å²) >= 11 is 0. The summed E-state index contributed by atoms with van der Waals surface area (Å²) in [6.45, 7) is 6.68. The number of likely N-dealkylation sites (tertiary alicyclic amines) is 2. The lowest BCUT2D eigenvalue weighted by Gasteiger charge is -2.34. The van der Waals surface area contributed by atoms with Crippen molar-refractivity contribution in [1.29, 1.82) is 0 Å². The molecule has 200 valence electrons. The maximum absolute atomic E-state index is 15.2. The first-order valence-electron chi connectivity index (χ1n) is 13.1. The number of nitrogens with two attached hydrogens (primary N) is 1. The number of nitrogens with zero attached hydrogens (tertiary/aromatic N) is 2. The maximum atomic E-state index is 15.2. The molecule has 0 aromatic heterocycles. The van der Waals surface area contributed by atoms with Gasteiger partial charge in [-0.1, -0.05) is 18.2 Å². The Morgan fingerprint density at radius 1 is 1.00 bits per heavy atom. The van der Waals surface area contributed by atoms with E-state index in [4.69, 9.17) is 10.5 Å². The highest BCUT2D eigenvalue weighted by Crippen LogP contribution is 2.31. The normalized spacial score (nSPS) is 18.1. The van der Waals surface area contributed by atoms with Crippen molar-refractivity contribution < 1.29 is 23.1 Å². The van der Waals surface area contributed by atoms with Gasteiger partial charge in [-0.15, -0.1) is 0 Å². The topological polar surface area (TPSA) is 75.9 Å². The van der Waals surface area contributed by atoms with E-state index in [0.29, 0.717) is 67.4 Å². The van der Waals surface area contributed by atoms with E-state index >= 15 is 4.39 Å². The van der Waals surface area contributed by atoms with Crippen molar-refractivity contribution >= 4 is 11.8 Å². The minimum Gasteiger partial charge on any atom is -0.493 e. The molecule has 0 bridgehead atoms. The second-order valence-electron chi connectivity index (χ2n) is 10.9. The van der Waals surface area contributed by atoms with Crippen LogP contribution >= 0.6 is 0 Å². The van der Waals surface area contributed by atoms with Crippen LogP contribution in [0.15, 0.2) is 42.5 Å². The van der Waals surface area contributed by atoms with Crippen LogP contribution in [0, 0.1) is 17.7 Å². The van der Waals surface area contributed by atoms with Crippen molar-refractivity contribution in [2.75, 3.05) is 39.3 Å². The lowest BCUT2D eigenvalue weighted by molar-refractivity contribution is -0.123. The molecule has 2 aromatic rings. The molecule has 2 N–H and O–H groups in total. The minimum absolute atomic E-state index is 0.180. The minimum atomic E-state index is -1.20. The number of hydrogen-bond acceptors (Lipinski definition) is 4. The van der Waals surface area contributed by atoms with Gasteiger partial charge < -0.3 is 20.3 Å². The number of carbonyl (C=O) groups is 2. The van der Waals surface area contributed by atoms with Gasteiger partial charge in [0.25, 0.3) is 5.91 Å². The fraction of sp³-hybridized carbons (Fsp3) is 0.517. The van der Waals surface area contributed by atoms with Crippen LogP contribution < -0.4 is 10.5 Å². The van der Waals surface area contributed by atoms with E-state index in [2.05, 4.69) is 4.90 Å². The van der Waals surface area contributed by atoms with Crippen molar-refractivity contribution in [3.05, 3.63) is 53.8 Å². The van der Waals surface area contributed by atoms with Crippen LogP contribution in [0.1, 0.15) is 49.9 Å². The molecule has 0 aliphatic carbocycles. The van der Waals surface area contributed by atoms with Gasteiger partial charge >= 0.3 is 0 Å². The SMILES string of the molecule is CC(C)(F)CN1CCC(COc2ccc(-c3ccccc3C(=O)N3CCC(C(N)=O)CC3)c(F)c2)CC1. The predicted octanol–water partition coefficient (Wildman–Crippen LogP) is 4.67. The fourth-order valence-corrected chi connectivity index (χ4v) is 5.30. The molecular formula is C29H37F2N3O3. The summed E-state index contributed by atoms with van der Waals surface area (Å²) in [5.74, 6) is -0.377. The largest absolute Gasteiger partial charge is 0.493 e. The van der Waals surface area contributed by atoms with Crippen molar-refractivity contribution in [2.45, 2.75) is 45.2 Å². The summed E-state index contributed by atoms with van der Waals surface area (Å²) in [4.78, 5) is 28.6. The molecule has 0 spiro atoms. The van der Waals surface area contributed by atoms with E-state index in [-0.39, 0.29) is 17.7 Å². The van der Waals surface area contributed by atoms with E-state index in [1.165, 1.54) is 6.07 Å². The summed E-state index contributed by atoms with van der Waals surface area (Å²) in [5, 5.41) is 0. The number of amides is 2.